The van der Waals surface area contributed by atoms with Gasteiger partial charge in [0.2, 0.25) is 0 Å². The van der Waals surface area contributed by atoms with E-state index in [1.54, 1.807) is 91.0 Å². The highest BCUT2D eigenvalue weighted by Gasteiger charge is 2.06. The first-order valence-electron chi connectivity index (χ1n) is 13.0. The Kier molecular flexibility index (Phi) is 16.1. The Morgan fingerprint density at radius 1 is 0.660 bits per heavy atom. The van der Waals surface area contributed by atoms with Gasteiger partial charge in [-0.05, 0) is 117 Å². The molecule has 241 valence electrons. The van der Waals surface area contributed by atoms with Crippen LogP contribution in [-0.2, 0) is 4.74 Å². The molecule has 0 spiro atoms. The van der Waals surface area contributed by atoms with Crippen LogP contribution >= 0.6 is 31.9 Å². The van der Waals surface area contributed by atoms with Gasteiger partial charge in [-0.1, -0.05) is 18.2 Å². The van der Waals surface area contributed by atoms with Gasteiger partial charge in [0.25, 0.3) is 11.8 Å². The molecule has 5 aromatic rings. The minimum atomic E-state index is -0.555. The lowest BCUT2D eigenvalue weighted by Gasteiger charge is -2.02. The number of amides is 2. The smallest absolute Gasteiger partial charge is 0.537 e. The lowest BCUT2D eigenvalue weighted by molar-refractivity contribution is 0.0593. The third-order valence-corrected chi connectivity index (χ3v) is 6.15. The van der Waals surface area contributed by atoms with Gasteiger partial charge in [0.15, 0.2) is 0 Å². The molecular formula is C31H27BBr2N5O8. The van der Waals surface area contributed by atoms with Crippen molar-refractivity contribution in [3.63, 3.8) is 0 Å². The number of hydrogen-bond acceptors (Lipinski definition) is 11. The molecule has 16 heteroatoms. The van der Waals surface area contributed by atoms with E-state index >= 15 is 0 Å². The van der Waals surface area contributed by atoms with Crippen molar-refractivity contribution < 1.29 is 39.0 Å². The first kappa shape index (κ1) is 37.9. The number of phenols is 2. The Morgan fingerprint density at radius 2 is 1.11 bits per heavy atom. The number of primary amides is 2. The van der Waals surface area contributed by atoms with E-state index < -0.39 is 17.8 Å². The van der Waals surface area contributed by atoms with Crippen LogP contribution < -0.4 is 16.1 Å². The molecular weight excluding hydrogens is 741 g/mol. The molecule has 0 atom stereocenters. The first-order valence-corrected chi connectivity index (χ1v) is 14.6. The van der Waals surface area contributed by atoms with Crippen molar-refractivity contribution in [3.05, 3.63) is 129 Å². The third-order valence-electron chi connectivity index (χ3n) is 5.27. The third kappa shape index (κ3) is 14.1. The molecule has 3 aromatic heterocycles. The summed E-state index contributed by atoms with van der Waals surface area (Å²) in [6.45, 7) is 0. The molecule has 0 aliphatic heterocycles. The molecule has 0 bridgehead atoms. The number of ether oxygens (including phenoxy) is 1. The second-order valence-corrected chi connectivity index (χ2v) is 10.2. The predicted octanol–water partition coefficient (Wildman–Crippen LogP) is 4.42. The molecule has 0 unspecified atom stereocenters. The molecule has 1 radical (unpaired) electrons. The molecule has 0 saturated heterocycles. The number of nitrogens with zero attached hydrogens (tertiary/aromatic N) is 3. The lowest BCUT2D eigenvalue weighted by Crippen LogP contribution is -2.12. The van der Waals surface area contributed by atoms with Crippen LogP contribution in [0.2, 0.25) is 0 Å². The second-order valence-electron chi connectivity index (χ2n) is 8.58. The Balaban J connectivity index is 0.000000223. The van der Waals surface area contributed by atoms with Gasteiger partial charge in [0, 0.05) is 5.56 Å². The van der Waals surface area contributed by atoms with Crippen molar-refractivity contribution in [2.45, 2.75) is 0 Å². The first-order chi connectivity index (χ1) is 22.4. The maximum absolute atomic E-state index is 11.0. The maximum atomic E-state index is 11.0. The van der Waals surface area contributed by atoms with Gasteiger partial charge < -0.3 is 36.1 Å². The normalized spacial score (nSPS) is 9.45. The average Bonchev–Trinajstić information content (AvgIpc) is 3.07. The van der Waals surface area contributed by atoms with Crippen molar-refractivity contribution in [2.75, 3.05) is 7.11 Å². The molecule has 3 heterocycles. The molecule has 5 rings (SSSR count). The fourth-order valence-electron chi connectivity index (χ4n) is 3.12. The van der Waals surface area contributed by atoms with Gasteiger partial charge in [0.05, 0.1) is 12.8 Å². The molecule has 13 nitrogen and oxygen atoms in total. The number of carbonyl (C=O) groups excluding carboxylic acids is 3. The van der Waals surface area contributed by atoms with E-state index in [0.29, 0.717) is 34.0 Å². The number of nitrogens with two attached hydrogens (primary N) is 2. The SMILES string of the molecule is COC(=O)c1cccc(Br)n1.NC(=O)c1cccc(-c2ccc(O)cc2)n1.NC(=O)c1cccc(Br)n1.O[B]Oc1ccc(O)cc1. The van der Waals surface area contributed by atoms with Crippen LogP contribution in [-0.4, -0.2) is 62.8 Å². The van der Waals surface area contributed by atoms with Gasteiger partial charge >= 0.3 is 13.7 Å². The molecule has 2 aromatic carbocycles. The van der Waals surface area contributed by atoms with E-state index in [1.807, 2.05) is 0 Å². The second kappa shape index (κ2) is 19.9. The largest absolute Gasteiger partial charge is 0.569 e. The summed E-state index contributed by atoms with van der Waals surface area (Å²) in [4.78, 5) is 44.1. The number of methoxy groups -OCH3 is 1. The van der Waals surface area contributed by atoms with Crippen molar-refractivity contribution in [1.29, 1.82) is 0 Å². The highest BCUT2D eigenvalue weighted by molar-refractivity contribution is 9.10. The Morgan fingerprint density at radius 3 is 1.55 bits per heavy atom. The van der Waals surface area contributed by atoms with Gasteiger partial charge in [0.1, 0.15) is 43.5 Å². The van der Waals surface area contributed by atoms with Crippen LogP contribution in [0.15, 0.2) is 112 Å². The van der Waals surface area contributed by atoms with Gasteiger partial charge in [-0.15, -0.1) is 0 Å². The molecule has 2 amide bonds. The van der Waals surface area contributed by atoms with E-state index in [-0.39, 0.29) is 22.9 Å². The summed E-state index contributed by atoms with van der Waals surface area (Å²) in [5, 5.41) is 26.1. The van der Waals surface area contributed by atoms with Crippen LogP contribution in [0.3, 0.4) is 0 Å². The summed E-state index contributed by atoms with van der Waals surface area (Å²) in [6, 6.07) is 27.7. The van der Waals surface area contributed by atoms with E-state index in [1.165, 1.54) is 19.2 Å². The van der Waals surface area contributed by atoms with Crippen molar-refractivity contribution in [1.82, 2.24) is 15.0 Å². The highest BCUT2D eigenvalue weighted by Crippen LogP contribution is 2.20. The molecule has 0 fully saturated rings. The number of pyridine rings is 3. The zero-order valence-corrected chi connectivity index (χ0v) is 27.7. The molecule has 0 saturated carbocycles. The number of rotatable bonds is 6. The number of benzene rings is 2. The number of halogens is 2. The quantitative estimate of drug-likeness (QED) is 0.0924. The zero-order chi connectivity index (χ0) is 34.8. The van der Waals surface area contributed by atoms with E-state index in [0.717, 1.165) is 5.56 Å². The van der Waals surface area contributed by atoms with Crippen LogP contribution in [0.1, 0.15) is 31.5 Å². The number of hydrogen-bond donors (Lipinski definition) is 5. The summed E-state index contributed by atoms with van der Waals surface area (Å²) < 4.78 is 10.3. The molecule has 7 N–H and O–H groups in total. The topological polar surface area (TPSA) is 221 Å². The van der Waals surface area contributed by atoms with Crippen molar-refractivity contribution in [3.8, 4) is 28.5 Å². The molecule has 0 aliphatic carbocycles. The van der Waals surface area contributed by atoms with Crippen LogP contribution in [0.4, 0.5) is 0 Å². The van der Waals surface area contributed by atoms with Crippen molar-refractivity contribution in [2.24, 2.45) is 11.5 Å². The highest BCUT2D eigenvalue weighted by atomic mass is 79.9. The fraction of sp³-hybridized carbons (Fsp3) is 0.0323. The average molecular weight is 768 g/mol. The van der Waals surface area contributed by atoms with E-state index in [4.69, 9.17) is 26.7 Å². The number of phenolic OH excluding ortho intramolecular Hbond substituents is 2. The van der Waals surface area contributed by atoms with Gasteiger partial charge in [-0.25, -0.2) is 19.7 Å². The standard InChI is InChI=1S/C12H10N2O2.C7H6BrNO2.C6H6BO3.C6H5BrN2O/c13-12(16)11-3-1-2-10(14-11)8-4-6-9(15)7-5-8;1-11-7(10)5-3-2-4-6(8)9-5;8-5-1-3-6(4-2-5)10-7-9;7-5-3-1-2-4(9-5)6(8)10/h1-7,15H,(H2,13,16);2-4H,1H3;1-4,8-9H;1-3H,(H2,8,10). The number of aromatic hydroxyl groups is 2. The summed E-state index contributed by atoms with van der Waals surface area (Å²) in [7, 11) is 1.91. The summed E-state index contributed by atoms with van der Waals surface area (Å²) >= 11 is 6.25. The minimum absolute atomic E-state index is 0.172. The molecule has 47 heavy (non-hydrogen) atoms. The zero-order valence-electron chi connectivity index (χ0n) is 24.5. The summed E-state index contributed by atoms with van der Waals surface area (Å²) in [6.07, 6.45) is 0. The number of carbonyl (C=O) groups is 3. The summed E-state index contributed by atoms with van der Waals surface area (Å²) in [5.74, 6) is -0.645. The fourth-order valence-corrected chi connectivity index (χ4v) is 3.81. The Hall–Kier alpha value is -5.32. The van der Waals surface area contributed by atoms with Crippen molar-refractivity contribution >= 4 is 57.3 Å². The monoisotopic (exact) mass is 766 g/mol. The molecule has 0 aliphatic rings. The van der Waals surface area contributed by atoms with Crippen LogP contribution in [0.5, 0.6) is 17.2 Å². The van der Waals surface area contributed by atoms with E-state index in [2.05, 4.69) is 56.2 Å². The van der Waals surface area contributed by atoms with Gasteiger partial charge in [-0.3, -0.25) is 9.59 Å². The number of esters is 1. The maximum Gasteiger partial charge on any atom is 0.569 e. The minimum Gasteiger partial charge on any atom is -0.537 e. The van der Waals surface area contributed by atoms with Crippen LogP contribution in [0, 0.1) is 0 Å². The van der Waals surface area contributed by atoms with Crippen LogP contribution in [0.25, 0.3) is 11.3 Å². The summed E-state index contributed by atoms with van der Waals surface area (Å²) in [5.41, 5.74) is 12.4. The van der Waals surface area contributed by atoms with Gasteiger partial charge in [-0.2, -0.15) is 0 Å². The number of aromatic nitrogens is 3. The lowest BCUT2D eigenvalue weighted by atomic mass is 10.1. The van der Waals surface area contributed by atoms with E-state index in [9.17, 15) is 14.4 Å². The predicted molar refractivity (Wildman–Crippen MR) is 180 cm³/mol. The Bertz CT molecular complexity index is 1760. The Labute approximate surface area is 286 Å².